The Labute approximate surface area is 125 Å². The molecule has 112 valence electrons. The lowest BCUT2D eigenvalue weighted by molar-refractivity contribution is 0.113. The highest BCUT2D eigenvalue weighted by Crippen LogP contribution is 2.15. The largest absolute Gasteiger partial charge is 0.497 e. The fourth-order valence-electron chi connectivity index (χ4n) is 1.98. The second-order valence-electron chi connectivity index (χ2n) is 4.81. The lowest BCUT2D eigenvalue weighted by atomic mass is 10.2. The maximum Gasteiger partial charge on any atom is 0.119 e. The molecule has 0 aromatic heterocycles. The number of benzene rings is 2. The third-order valence-electron chi connectivity index (χ3n) is 3.18. The highest BCUT2D eigenvalue weighted by atomic mass is 16.5. The monoisotopic (exact) mass is 286 g/mol. The van der Waals surface area contributed by atoms with Gasteiger partial charge in [0.15, 0.2) is 0 Å². The summed E-state index contributed by atoms with van der Waals surface area (Å²) in [6.07, 6.45) is 0. The summed E-state index contributed by atoms with van der Waals surface area (Å²) in [5.41, 5.74) is 7.96. The topological polar surface area (TPSA) is 56.5 Å². The van der Waals surface area contributed by atoms with E-state index in [0.29, 0.717) is 19.8 Å². The molecule has 0 aliphatic heterocycles. The van der Waals surface area contributed by atoms with Crippen LogP contribution in [0.3, 0.4) is 0 Å². The van der Waals surface area contributed by atoms with Crippen molar-refractivity contribution in [2.45, 2.75) is 12.6 Å². The van der Waals surface area contributed by atoms with Gasteiger partial charge in [0.2, 0.25) is 0 Å². The molecule has 0 bridgehead atoms. The van der Waals surface area contributed by atoms with E-state index in [1.165, 1.54) is 0 Å². The Hall–Kier alpha value is -2.04. The lowest BCUT2D eigenvalue weighted by Gasteiger charge is -2.18. The van der Waals surface area contributed by atoms with Crippen LogP contribution in [0.15, 0.2) is 54.6 Å². The fraction of sp³-hybridized carbons (Fsp3) is 0.294. The lowest BCUT2D eigenvalue weighted by Crippen LogP contribution is -2.33. The van der Waals surface area contributed by atoms with Gasteiger partial charge in [-0.15, -0.1) is 0 Å². The van der Waals surface area contributed by atoms with Gasteiger partial charge in [0, 0.05) is 12.2 Å². The van der Waals surface area contributed by atoms with Crippen LogP contribution < -0.4 is 15.8 Å². The summed E-state index contributed by atoms with van der Waals surface area (Å²) in [4.78, 5) is 0. The minimum absolute atomic E-state index is 0.0853. The zero-order chi connectivity index (χ0) is 14.9. The molecule has 21 heavy (non-hydrogen) atoms. The van der Waals surface area contributed by atoms with Crippen LogP contribution in [0.25, 0.3) is 0 Å². The van der Waals surface area contributed by atoms with Crippen LogP contribution >= 0.6 is 0 Å². The first-order valence-corrected chi connectivity index (χ1v) is 7.04. The maximum absolute atomic E-state index is 5.79. The molecule has 4 nitrogen and oxygen atoms in total. The minimum Gasteiger partial charge on any atom is -0.497 e. The van der Waals surface area contributed by atoms with Crippen molar-refractivity contribution in [1.82, 2.24) is 0 Å². The Morgan fingerprint density at radius 1 is 1.05 bits per heavy atom. The quantitative estimate of drug-likeness (QED) is 0.783. The Kier molecular flexibility index (Phi) is 6.06. The molecule has 0 heterocycles. The van der Waals surface area contributed by atoms with Gasteiger partial charge in [0.05, 0.1) is 26.4 Å². The number of hydrogen-bond acceptors (Lipinski definition) is 4. The van der Waals surface area contributed by atoms with Gasteiger partial charge in [-0.3, -0.25) is 0 Å². The van der Waals surface area contributed by atoms with E-state index in [9.17, 15) is 0 Å². The van der Waals surface area contributed by atoms with Crippen molar-refractivity contribution in [1.29, 1.82) is 0 Å². The smallest absolute Gasteiger partial charge is 0.119 e. The normalized spacial score (nSPS) is 11.9. The van der Waals surface area contributed by atoms with Crippen molar-refractivity contribution in [3.63, 3.8) is 0 Å². The zero-order valence-electron chi connectivity index (χ0n) is 12.3. The first-order chi connectivity index (χ1) is 10.3. The van der Waals surface area contributed by atoms with Crippen LogP contribution in [0.5, 0.6) is 5.75 Å². The van der Waals surface area contributed by atoms with Crippen molar-refractivity contribution in [2.24, 2.45) is 5.73 Å². The molecule has 0 saturated heterocycles. The summed E-state index contributed by atoms with van der Waals surface area (Å²) in [5, 5.41) is 3.36. The molecule has 0 aliphatic carbocycles. The van der Waals surface area contributed by atoms with Crippen LogP contribution in [0.1, 0.15) is 5.56 Å². The molecule has 4 heteroatoms. The molecule has 3 N–H and O–H groups in total. The molecule has 1 atom stereocenters. The summed E-state index contributed by atoms with van der Waals surface area (Å²) in [5.74, 6) is 0.838. The average Bonchev–Trinajstić information content (AvgIpc) is 2.55. The molecular formula is C17H22N2O2. The van der Waals surface area contributed by atoms with Gasteiger partial charge in [-0.1, -0.05) is 30.3 Å². The Morgan fingerprint density at radius 3 is 2.38 bits per heavy atom. The molecule has 0 aliphatic rings. The number of hydrogen-bond donors (Lipinski definition) is 2. The van der Waals surface area contributed by atoms with Crippen LogP contribution in [0.2, 0.25) is 0 Å². The average molecular weight is 286 g/mol. The Morgan fingerprint density at radius 2 is 1.76 bits per heavy atom. The Bertz CT molecular complexity index is 514. The van der Waals surface area contributed by atoms with Crippen LogP contribution in [-0.2, 0) is 11.3 Å². The standard InChI is InChI=1S/C17H22N2O2/c1-20-17-9-7-15(8-10-17)19-16(11-18)13-21-12-14-5-3-2-4-6-14/h2-10,16,19H,11-13,18H2,1H3/t16-/m1/s1. The highest BCUT2D eigenvalue weighted by molar-refractivity contribution is 5.47. The minimum atomic E-state index is 0.0853. The van der Waals surface area contributed by atoms with Gasteiger partial charge in [-0.25, -0.2) is 0 Å². The third kappa shape index (κ3) is 5.10. The van der Waals surface area contributed by atoms with Crippen molar-refractivity contribution < 1.29 is 9.47 Å². The summed E-state index contributed by atoms with van der Waals surface area (Å²) in [6.45, 7) is 1.68. The van der Waals surface area contributed by atoms with E-state index >= 15 is 0 Å². The van der Waals surface area contributed by atoms with Crippen LogP contribution in [0.4, 0.5) is 5.69 Å². The number of nitrogens with one attached hydrogen (secondary N) is 1. The number of anilines is 1. The highest BCUT2D eigenvalue weighted by Gasteiger charge is 2.07. The predicted octanol–water partition coefficient (Wildman–Crippen LogP) is 2.65. The summed E-state index contributed by atoms with van der Waals surface area (Å²) in [6, 6.07) is 18.0. The van der Waals surface area contributed by atoms with E-state index in [0.717, 1.165) is 17.0 Å². The molecule has 0 saturated carbocycles. The number of nitrogens with two attached hydrogens (primary N) is 1. The fourth-order valence-corrected chi connectivity index (χ4v) is 1.98. The van der Waals surface area contributed by atoms with Gasteiger partial charge in [0.1, 0.15) is 5.75 Å². The predicted molar refractivity (Wildman–Crippen MR) is 85.6 cm³/mol. The molecule has 2 aromatic rings. The van der Waals surface area contributed by atoms with E-state index in [2.05, 4.69) is 5.32 Å². The molecule has 0 radical (unpaired) electrons. The van der Waals surface area contributed by atoms with Gasteiger partial charge >= 0.3 is 0 Å². The third-order valence-corrected chi connectivity index (χ3v) is 3.18. The zero-order valence-corrected chi connectivity index (χ0v) is 12.3. The molecule has 0 fully saturated rings. The van der Waals surface area contributed by atoms with E-state index < -0.39 is 0 Å². The van der Waals surface area contributed by atoms with Gasteiger partial charge in [-0.05, 0) is 29.8 Å². The first kappa shape index (κ1) is 15.4. The number of methoxy groups -OCH3 is 1. The molecular weight excluding hydrogens is 264 g/mol. The molecule has 0 amide bonds. The molecule has 0 unspecified atom stereocenters. The second-order valence-corrected chi connectivity index (χ2v) is 4.81. The maximum atomic E-state index is 5.79. The number of rotatable bonds is 8. The summed E-state index contributed by atoms with van der Waals surface area (Å²) < 4.78 is 10.9. The second kappa shape index (κ2) is 8.29. The van der Waals surface area contributed by atoms with Crippen LogP contribution in [-0.4, -0.2) is 26.3 Å². The summed E-state index contributed by atoms with van der Waals surface area (Å²) >= 11 is 0. The van der Waals surface area contributed by atoms with E-state index in [-0.39, 0.29) is 6.04 Å². The molecule has 2 rings (SSSR count). The molecule has 0 spiro atoms. The number of ether oxygens (including phenoxy) is 2. The van der Waals surface area contributed by atoms with Crippen LogP contribution in [0, 0.1) is 0 Å². The first-order valence-electron chi connectivity index (χ1n) is 7.04. The van der Waals surface area contributed by atoms with Gasteiger partial charge in [0.25, 0.3) is 0 Å². The van der Waals surface area contributed by atoms with E-state index in [1.54, 1.807) is 7.11 Å². The van der Waals surface area contributed by atoms with Crippen molar-refractivity contribution in [3.8, 4) is 5.75 Å². The Balaban J connectivity index is 1.79. The van der Waals surface area contributed by atoms with Crippen molar-refractivity contribution in [3.05, 3.63) is 60.2 Å². The van der Waals surface area contributed by atoms with E-state index in [1.807, 2.05) is 54.6 Å². The van der Waals surface area contributed by atoms with Crippen molar-refractivity contribution >= 4 is 5.69 Å². The van der Waals surface area contributed by atoms with E-state index in [4.69, 9.17) is 15.2 Å². The van der Waals surface area contributed by atoms with Crippen molar-refractivity contribution in [2.75, 3.05) is 25.6 Å². The van der Waals surface area contributed by atoms with Gasteiger partial charge < -0.3 is 20.5 Å². The van der Waals surface area contributed by atoms with Gasteiger partial charge in [-0.2, -0.15) is 0 Å². The SMILES string of the molecule is COc1ccc(N[C@H](CN)COCc2ccccc2)cc1. The summed E-state index contributed by atoms with van der Waals surface area (Å²) in [7, 11) is 1.66. The molecule has 2 aromatic carbocycles.